The van der Waals surface area contributed by atoms with Gasteiger partial charge in [-0.2, -0.15) is 0 Å². The molecule has 0 radical (unpaired) electrons. The van der Waals surface area contributed by atoms with Gasteiger partial charge in [0, 0.05) is 19.2 Å². The Morgan fingerprint density at radius 3 is 2.67 bits per heavy atom. The summed E-state index contributed by atoms with van der Waals surface area (Å²) in [6.07, 6.45) is 0.570. The van der Waals surface area contributed by atoms with Gasteiger partial charge in [0.1, 0.15) is 11.9 Å². The van der Waals surface area contributed by atoms with Gasteiger partial charge >= 0.3 is 6.03 Å². The van der Waals surface area contributed by atoms with Crippen LogP contribution in [0.3, 0.4) is 0 Å². The molecule has 1 fully saturated rings. The monoisotopic (exact) mass is 329 g/mol. The zero-order valence-electron chi connectivity index (χ0n) is 13.0. The highest BCUT2D eigenvalue weighted by Crippen LogP contribution is 2.20. The molecule has 8 heteroatoms. The second-order valence-corrected chi connectivity index (χ2v) is 5.48. The fourth-order valence-corrected chi connectivity index (χ4v) is 2.48. The highest BCUT2D eigenvalue weighted by Gasteiger charge is 2.30. The second-order valence-electron chi connectivity index (χ2n) is 5.48. The lowest BCUT2D eigenvalue weighted by atomic mass is 10.1. The summed E-state index contributed by atoms with van der Waals surface area (Å²) >= 11 is 0. The largest absolute Gasteiger partial charge is 0.344 e. The lowest BCUT2D eigenvalue weighted by molar-refractivity contribution is -0.128. The summed E-state index contributed by atoms with van der Waals surface area (Å²) in [6, 6.07) is 8.26. The molecule has 3 amide bonds. The molecule has 1 aromatic heterocycles. The van der Waals surface area contributed by atoms with Gasteiger partial charge < -0.3 is 10.2 Å². The normalized spacial score (nSPS) is 17.0. The highest BCUT2D eigenvalue weighted by atomic mass is 19.1. The van der Waals surface area contributed by atoms with E-state index in [0.29, 0.717) is 24.2 Å². The molecule has 3 rings (SSSR count). The molecule has 124 valence electrons. The first-order chi connectivity index (χ1) is 11.5. The van der Waals surface area contributed by atoms with Crippen LogP contribution in [0.15, 0.2) is 36.4 Å². The number of likely N-dealkylation sites (tertiary alicyclic amines) is 1. The van der Waals surface area contributed by atoms with E-state index in [1.54, 1.807) is 36.2 Å². The second kappa shape index (κ2) is 6.61. The number of nitrogens with zero attached hydrogens (tertiary/aromatic N) is 3. The summed E-state index contributed by atoms with van der Waals surface area (Å²) in [4.78, 5) is 25.2. The maximum atomic E-state index is 13.7. The quantitative estimate of drug-likeness (QED) is 0.896. The summed E-state index contributed by atoms with van der Waals surface area (Å²) in [6.45, 7) is 0.612. The van der Waals surface area contributed by atoms with Crippen LogP contribution in [0.1, 0.15) is 6.42 Å². The first-order valence-electron chi connectivity index (χ1n) is 7.46. The summed E-state index contributed by atoms with van der Waals surface area (Å²) in [7, 11) is 1.69. The van der Waals surface area contributed by atoms with E-state index in [9.17, 15) is 14.0 Å². The van der Waals surface area contributed by atoms with E-state index >= 15 is 0 Å². The molecule has 2 aromatic rings. The standard InChI is InChI=1S/C16H16FN5O2/c1-22-9-8-13(15(22)23)18-16(24)19-14-7-6-12(20-21-14)10-4-2-3-5-11(10)17/h2-7,13H,8-9H2,1H3,(H2,18,19,21,24). The molecule has 1 aliphatic heterocycles. The summed E-state index contributed by atoms with van der Waals surface area (Å²) in [5, 5.41) is 12.9. The van der Waals surface area contributed by atoms with Crippen LogP contribution >= 0.6 is 0 Å². The molecule has 1 aliphatic rings. The number of carbonyl (C=O) groups is 2. The van der Waals surface area contributed by atoms with Crippen molar-refractivity contribution in [3.63, 3.8) is 0 Å². The number of aromatic nitrogens is 2. The third-order valence-corrected chi connectivity index (χ3v) is 3.79. The molecule has 0 bridgehead atoms. The van der Waals surface area contributed by atoms with Crippen molar-refractivity contribution in [3.8, 4) is 11.3 Å². The maximum absolute atomic E-state index is 13.7. The lowest BCUT2D eigenvalue weighted by Gasteiger charge is -2.12. The van der Waals surface area contributed by atoms with Crippen molar-refractivity contribution in [1.82, 2.24) is 20.4 Å². The van der Waals surface area contributed by atoms with Crippen LogP contribution in [-0.2, 0) is 4.79 Å². The van der Waals surface area contributed by atoms with Gasteiger partial charge in [0.25, 0.3) is 0 Å². The number of urea groups is 1. The number of nitrogens with one attached hydrogen (secondary N) is 2. The van der Waals surface area contributed by atoms with Gasteiger partial charge in [-0.1, -0.05) is 12.1 Å². The fraction of sp³-hybridized carbons (Fsp3) is 0.250. The Hall–Kier alpha value is -3.03. The Balaban J connectivity index is 1.63. The number of likely N-dealkylation sites (N-methyl/N-ethyl adjacent to an activating group) is 1. The van der Waals surface area contributed by atoms with Gasteiger partial charge in [-0.3, -0.25) is 10.1 Å². The van der Waals surface area contributed by atoms with E-state index in [1.165, 1.54) is 12.1 Å². The number of carbonyl (C=O) groups excluding carboxylic acids is 2. The van der Waals surface area contributed by atoms with Crippen molar-refractivity contribution in [2.75, 3.05) is 18.9 Å². The molecule has 0 aliphatic carbocycles. The van der Waals surface area contributed by atoms with Crippen molar-refractivity contribution in [2.24, 2.45) is 0 Å². The van der Waals surface area contributed by atoms with Crippen molar-refractivity contribution in [3.05, 3.63) is 42.2 Å². The van der Waals surface area contributed by atoms with Crippen molar-refractivity contribution >= 4 is 17.8 Å². The number of anilines is 1. The molecule has 1 aromatic carbocycles. The Morgan fingerprint density at radius 1 is 1.25 bits per heavy atom. The van der Waals surface area contributed by atoms with E-state index in [1.807, 2.05) is 0 Å². The van der Waals surface area contributed by atoms with Crippen LogP contribution in [0.4, 0.5) is 15.0 Å². The Bertz CT molecular complexity index is 765. The number of amides is 3. The van der Waals surface area contributed by atoms with E-state index in [4.69, 9.17) is 0 Å². The molecule has 0 saturated carbocycles. The minimum Gasteiger partial charge on any atom is -0.344 e. The van der Waals surface area contributed by atoms with E-state index in [2.05, 4.69) is 20.8 Å². The molecule has 24 heavy (non-hydrogen) atoms. The predicted molar refractivity (Wildman–Crippen MR) is 85.6 cm³/mol. The van der Waals surface area contributed by atoms with Crippen molar-refractivity contribution < 1.29 is 14.0 Å². The van der Waals surface area contributed by atoms with Crippen molar-refractivity contribution in [2.45, 2.75) is 12.5 Å². The number of halogens is 1. The Morgan fingerprint density at radius 2 is 2.04 bits per heavy atom. The van der Waals surface area contributed by atoms with Crippen LogP contribution in [0, 0.1) is 5.82 Å². The summed E-state index contributed by atoms with van der Waals surface area (Å²) < 4.78 is 13.7. The zero-order valence-corrected chi connectivity index (χ0v) is 13.0. The molecular weight excluding hydrogens is 313 g/mol. The van der Waals surface area contributed by atoms with E-state index in [0.717, 1.165) is 0 Å². The molecule has 2 N–H and O–H groups in total. The van der Waals surface area contributed by atoms with Crippen LogP contribution in [0.2, 0.25) is 0 Å². The smallest absolute Gasteiger partial charge is 0.321 e. The molecular formula is C16H16FN5O2. The molecule has 1 atom stereocenters. The molecule has 2 heterocycles. The average Bonchev–Trinajstić information content (AvgIpc) is 2.88. The predicted octanol–water partition coefficient (Wildman–Crippen LogP) is 1.63. The van der Waals surface area contributed by atoms with Gasteiger partial charge in [-0.15, -0.1) is 10.2 Å². The number of hydrogen-bond acceptors (Lipinski definition) is 4. The zero-order chi connectivity index (χ0) is 17.1. The van der Waals surface area contributed by atoms with Crippen LogP contribution in [0.5, 0.6) is 0 Å². The number of hydrogen-bond donors (Lipinski definition) is 2. The third-order valence-electron chi connectivity index (χ3n) is 3.79. The molecule has 0 spiro atoms. The van der Waals surface area contributed by atoms with Gasteiger partial charge in [-0.05, 0) is 30.7 Å². The lowest BCUT2D eigenvalue weighted by Crippen LogP contribution is -2.42. The SMILES string of the molecule is CN1CCC(NC(=O)Nc2ccc(-c3ccccc3F)nn2)C1=O. The highest BCUT2D eigenvalue weighted by molar-refractivity contribution is 5.93. The fourth-order valence-electron chi connectivity index (χ4n) is 2.48. The maximum Gasteiger partial charge on any atom is 0.321 e. The van der Waals surface area contributed by atoms with Gasteiger partial charge in [0.05, 0.1) is 5.69 Å². The van der Waals surface area contributed by atoms with Gasteiger partial charge in [0.2, 0.25) is 5.91 Å². The van der Waals surface area contributed by atoms with Crippen LogP contribution in [-0.4, -0.2) is 46.7 Å². The first-order valence-corrected chi connectivity index (χ1v) is 7.46. The van der Waals surface area contributed by atoms with Crippen molar-refractivity contribution in [1.29, 1.82) is 0 Å². The van der Waals surface area contributed by atoms with Gasteiger partial charge in [0.15, 0.2) is 5.82 Å². The molecule has 7 nitrogen and oxygen atoms in total. The third kappa shape index (κ3) is 3.32. The minimum absolute atomic E-state index is 0.119. The summed E-state index contributed by atoms with van der Waals surface area (Å²) in [5.41, 5.74) is 0.701. The minimum atomic E-state index is -0.531. The van der Waals surface area contributed by atoms with Gasteiger partial charge in [-0.25, -0.2) is 9.18 Å². The molecule has 1 saturated heterocycles. The molecule has 1 unspecified atom stereocenters. The first kappa shape index (κ1) is 15.9. The average molecular weight is 329 g/mol. The van der Waals surface area contributed by atoms with Crippen LogP contribution < -0.4 is 10.6 Å². The topological polar surface area (TPSA) is 87.2 Å². The van der Waals surface area contributed by atoms with Crippen LogP contribution in [0.25, 0.3) is 11.3 Å². The van der Waals surface area contributed by atoms with E-state index < -0.39 is 17.9 Å². The van der Waals surface area contributed by atoms with E-state index in [-0.39, 0.29) is 11.7 Å². The number of rotatable bonds is 3. The Labute approximate surface area is 137 Å². The number of benzene rings is 1. The Kier molecular flexibility index (Phi) is 4.37. The summed E-state index contributed by atoms with van der Waals surface area (Å²) in [5.74, 6) is -0.299.